The molecule has 0 radical (unpaired) electrons. The normalized spacial score (nSPS) is 17.3. The fourth-order valence-electron chi connectivity index (χ4n) is 2.04. The predicted molar refractivity (Wildman–Crippen MR) is 69.0 cm³/mol. The number of carbonyl (C=O) groups is 2. The van der Waals surface area contributed by atoms with Crippen LogP contribution in [0, 0.1) is 6.92 Å². The first-order chi connectivity index (χ1) is 8.47. The van der Waals surface area contributed by atoms with Gasteiger partial charge >= 0.3 is 0 Å². The average Bonchev–Trinajstić information content (AvgIpc) is 2.64. The molecule has 0 saturated carbocycles. The summed E-state index contributed by atoms with van der Waals surface area (Å²) in [5, 5.41) is 22.1. The van der Waals surface area contributed by atoms with Crippen LogP contribution in [0.25, 0.3) is 0 Å². The Bertz CT molecular complexity index is 529. The third-order valence-corrected chi connectivity index (χ3v) is 3.37. The van der Waals surface area contributed by atoms with Gasteiger partial charge in [-0.2, -0.15) is 12.6 Å². The minimum absolute atomic E-state index is 0.0554. The van der Waals surface area contributed by atoms with Crippen LogP contribution in [0.3, 0.4) is 0 Å². The number of aliphatic hydroxyl groups excluding tert-OH is 2. The number of thiol groups is 1. The molecule has 0 saturated heterocycles. The van der Waals surface area contributed by atoms with Gasteiger partial charge in [0.05, 0.1) is 17.4 Å². The summed E-state index contributed by atoms with van der Waals surface area (Å²) in [6, 6.07) is 3.29. The van der Waals surface area contributed by atoms with Crippen LogP contribution in [0.1, 0.15) is 27.6 Å². The van der Waals surface area contributed by atoms with Crippen molar-refractivity contribution in [1.29, 1.82) is 0 Å². The fourth-order valence-corrected chi connectivity index (χ4v) is 2.24. The number of rotatable bonds is 3. The molecular weight excluding hydrogens is 254 g/mol. The maximum atomic E-state index is 11.8. The average molecular weight is 267 g/mol. The van der Waals surface area contributed by atoms with Gasteiger partial charge in [-0.05, 0) is 24.1 Å². The lowest BCUT2D eigenvalue weighted by Crippen LogP contribution is -2.23. The monoisotopic (exact) mass is 267 g/mol. The number of Topliss-reactive ketones (excluding diaryl/α,β-unsaturated/α-hetero) is 1. The van der Waals surface area contributed by atoms with Gasteiger partial charge in [0.1, 0.15) is 6.10 Å². The van der Waals surface area contributed by atoms with E-state index >= 15 is 0 Å². The lowest BCUT2D eigenvalue weighted by molar-refractivity contribution is -0.112. The molecule has 0 bridgehead atoms. The summed E-state index contributed by atoms with van der Waals surface area (Å²) < 4.78 is 0. The highest BCUT2D eigenvalue weighted by atomic mass is 32.1. The third kappa shape index (κ3) is 1.92. The van der Waals surface area contributed by atoms with Crippen molar-refractivity contribution in [3.8, 4) is 0 Å². The van der Waals surface area contributed by atoms with E-state index in [1.807, 2.05) is 0 Å². The predicted octanol–water partition coefficient (Wildman–Crippen LogP) is 0.454. The molecule has 2 atom stereocenters. The van der Waals surface area contributed by atoms with Crippen molar-refractivity contribution < 1.29 is 19.8 Å². The zero-order valence-electron chi connectivity index (χ0n) is 9.67. The third-order valence-electron chi connectivity index (χ3n) is 2.99. The number of amides is 1. The van der Waals surface area contributed by atoms with Crippen molar-refractivity contribution in [2.24, 2.45) is 0 Å². The van der Waals surface area contributed by atoms with Crippen LogP contribution in [0.2, 0.25) is 0 Å². The number of aliphatic hydroxyl groups is 2. The fraction of sp³-hybridized carbons (Fsp3) is 0.333. The van der Waals surface area contributed by atoms with E-state index in [1.165, 1.54) is 0 Å². The molecule has 1 amide bonds. The zero-order chi connectivity index (χ0) is 13.4. The van der Waals surface area contributed by atoms with Crippen molar-refractivity contribution in [2.75, 3.05) is 11.1 Å². The van der Waals surface area contributed by atoms with Gasteiger partial charge in [0.2, 0.25) is 0 Å². The summed E-state index contributed by atoms with van der Waals surface area (Å²) in [5.74, 6) is -1.35. The maximum Gasteiger partial charge on any atom is 0.296 e. The van der Waals surface area contributed by atoms with Gasteiger partial charge in [0.25, 0.3) is 11.7 Å². The molecule has 2 rings (SSSR count). The number of ketones is 1. The van der Waals surface area contributed by atoms with E-state index in [2.05, 4.69) is 17.9 Å². The first-order valence-corrected chi connectivity index (χ1v) is 6.06. The molecule has 0 aliphatic carbocycles. The van der Waals surface area contributed by atoms with Gasteiger partial charge in [-0.1, -0.05) is 6.07 Å². The second kappa shape index (κ2) is 4.72. The summed E-state index contributed by atoms with van der Waals surface area (Å²) >= 11 is 3.91. The number of nitrogens with one attached hydrogen (secondary N) is 1. The summed E-state index contributed by atoms with van der Waals surface area (Å²) in [4.78, 5) is 23.1. The van der Waals surface area contributed by atoms with E-state index in [0.29, 0.717) is 11.3 Å². The summed E-state index contributed by atoms with van der Waals surface area (Å²) in [6.45, 7) is 1.71. The van der Waals surface area contributed by atoms with E-state index in [4.69, 9.17) is 0 Å². The quantitative estimate of drug-likeness (QED) is 0.473. The minimum Gasteiger partial charge on any atom is -0.389 e. The zero-order valence-corrected chi connectivity index (χ0v) is 10.6. The second-order valence-electron chi connectivity index (χ2n) is 4.20. The molecule has 5 nitrogen and oxygen atoms in total. The van der Waals surface area contributed by atoms with E-state index in [9.17, 15) is 19.8 Å². The lowest BCUT2D eigenvalue weighted by atomic mass is 9.92. The van der Waals surface area contributed by atoms with Gasteiger partial charge in [-0.3, -0.25) is 9.59 Å². The number of hydrogen-bond acceptors (Lipinski definition) is 5. The summed E-state index contributed by atoms with van der Waals surface area (Å²) in [6.07, 6.45) is -2.34. The Hall–Kier alpha value is -1.37. The number of anilines is 1. The van der Waals surface area contributed by atoms with Gasteiger partial charge < -0.3 is 15.5 Å². The SMILES string of the molecule is Cc1ccc2c(c1C(O)C(O)CS)C(=O)C(=O)N2. The Morgan fingerprint density at radius 3 is 2.61 bits per heavy atom. The molecule has 0 spiro atoms. The molecule has 3 N–H and O–H groups in total. The van der Waals surface area contributed by atoms with Crippen molar-refractivity contribution >= 4 is 30.0 Å². The molecule has 0 fully saturated rings. The van der Waals surface area contributed by atoms with Crippen molar-refractivity contribution in [3.63, 3.8) is 0 Å². The number of carbonyl (C=O) groups excluding carboxylic acids is 2. The van der Waals surface area contributed by atoms with Crippen LogP contribution in [-0.4, -0.2) is 33.8 Å². The number of benzene rings is 1. The molecule has 96 valence electrons. The number of aryl methyl sites for hydroxylation is 1. The van der Waals surface area contributed by atoms with Crippen LogP contribution >= 0.6 is 12.6 Å². The first-order valence-electron chi connectivity index (χ1n) is 5.43. The Balaban J connectivity index is 2.58. The van der Waals surface area contributed by atoms with E-state index in [1.54, 1.807) is 19.1 Å². The number of fused-ring (bicyclic) bond motifs is 1. The summed E-state index contributed by atoms with van der Waals surface area (Å²) in [5.41, 5.74) is 1.45. The number of hydrogen-bond donors (Lipinski definition) is 4. The smallest absolute Gasteiger partial charge is 0.296 e. The molecule has 1 aliphatic rings. The van der Waals surface area contributed by atoms with Crippen LogP contribution in [0.4, 0.5) is 5.69 Å². The van der Waals surface area contributed by atoms with Gasteiger partial charge in [-0.25, -0.2) is 0 Å². The van der Waals surface area contributed by atoms with Crippen molar-refractivity contribution in [1.82, 2.24) is 0 Å². The standard InChI is InChI=1S/C12H13NO4S/c1-5-2-3-6-9(11(16)12(17)13-6)8(5)10(15)7(14)4-18/h2-3,7,10,14-15,18H,4H2,1H3,(H,13,16,17). The van der Waals surface area contributed by atoms with Crippen LogP contribution in [0.5, 0.6) is 0 Å². The second-order valence-corrected chi connectivity index (χ2v) is 4.56. The molecule has 6 heteroatoms. The summed E-state index contributed by atoms with van der Waals surface area (Å²) in [7, 11) is 0. The Morgan fingerprint density at radius 1 is 1.33 bits per heavy atom. The molecule has 1 aromatic carbocycles. The topological polar surface area (TPSA) is 86.6 Å². The molecular formula is C12H13NO4S. The largest absolute Gasteiger partial charge is 0.389 e. The first kappa shape index (κ1) is 13.1. The molecule has 1 heterocycles. The van der Waals surface area contributed by atoms with E-state index in [-0.39, 0.29) is 16.9 Å². The van der Waals surface area contributed by atoms with Crippen molar-refractivity contribution in [3.05, 3.63) is 28.8 Å². The van der Waals surface area contributed by atoms with E-state index in [0.717, 1.165) is 0 Å². The molecule has 0 aromatic heterocycles. The Labute approximate surface area is 109 Å². The van der Waals surface area contributed by atoms with Crippen LogP contribution in [-0.2, 0) is 4.79 Å². The van der Waals surface area contributed by atoms with Crippen LogP contribution < -0.4 is 5.32 Å². The molecule has 1 aromatic rings. The van der Waals surface area contributed by atoms with Crippen molar-refractivity contribution in [2.45, 2.75) is 19.1 Å². The van der Waals surface area contributed by atoms with E-state index < -0.39 is 23.9 Å². The Morgan fingerprint density at radius 2 is 2.00 bits per heavy atom. The molecule has 18 heavy (non-hydrogen) atoms. The van der Waals surface area contributed by atoms with Gasteiger partial charge in [0, 0.05) is 5.75 Å². The highest BCUT2D eigenvalue weighted by Crippen LogP contribution is 2.34. The maximum absolute atomic E-state index is 11.8. The van der Waals surface area contributed by atoms with Crippen LogP contribution in [0.15, 0.2) is 12.1 Å². The van der Waals surface area contributed by atoms with Gasteiger partial charge in [-0.15, -0.1) is 0 Å². The minimum atomic E-state index is -1.24. The Kier molecular flexibility index (Phi) is 3.43. The molecule has 2 unspecified atom stereocenters. The van der Waals surface area contributed by atoms with Gasteiger partial charge in [0.15, 0.2) is 0 Å². The highest BCUT2D eigenvalue weighted by Gasteiger charge is 2.34. The highest BCUT2D eigenvalue weighted by molar-refractivity contribution is 7.80. The molecule has 1 aliphatic heterocycles. The lowest BCUT2D eigenvalue weighted by Gasteiger charge is -2.20.